The maximum absolute atomic E-state index is 11.0. The molecule has 0 atom stereocenters. The van der Waals surface area contributed by atoms with Crippen molar-refractivity contribution in [2.45, 2.75) is 0 Å². The molecule has 2 aromatic rings. The van der Waals surface area contributed by atoms with Crippen LogP contribution in [0.15, 0.2) is 30.6 Å². The zero-order valence-corrected chi connectivity index (χ0v) is 10.9. The van der Waals surface area contributed by atoms with Gasteiger partial charge in [-0.1, -0.05) is 5.92 Å². The van der Waals surface area contributed by atoms with E-state index in [4.69, 9.17) is 11.5 Å². The van der Waals surface area contributed by atoms with Gasteiger partial charge in [0.1, 0.15) is 6.54 Å². The molecule has 0 saturated carbocycles. The van der Waals surface area contributed by atoms with Gasteiger partial charge in [0, 0.05) is 29.5 Å². The molecule has 106 valence electrons. The van der Waals surface area contributed by atoms with Crippen molar-refractivity contribution in [2.75, 3.05) is 18.0 Å². The first-order valence-corrected chi connectivity index (χ1v) is 5.96. The van der Waals surface area contributed by atoms with Crippen LogP contribution in [0, 0.1) is 22.5 Å². The predicted molar refractivity (Wildman–Crippen MR) is 77.1 cm³/mol. The van der Waals surface area contributed by atoms with E-state index in [-0.39, 0.29) is 18.8 Å². The number of carboxylic acids is 1. The molecule has 0 aliphatic carbocycles. The van der Waals surface area contributed by atoms with Crippen molar-refractivity contribution < 1.29 is 14.8 Å². The number of rotatable bonds is 5. The molecule has 21 heavy (non-hydrogen) atoms. The number of carbonyl (C=O) groups is 1. The number of pyridine rings is 1. The number of non-ortho nitro benzene ring substituents is 1. The summed E-state index contributed by atoms with van der Waals surface area (Å²) < 4.78 is 0. The second kappa shape index (κ2) is 5.88. The molecule has 1 N–H and O–H groups in total. The number of nitrogens with zero attached hydrogens (tertiary/aromatic N) is 3. The molecule has 1 aromatic carbocycles. The van der Waals surface area contributed by atoms with E-state index < -0.39 is 10.9 Å². The summed E-state index contributed by atoms with van der Waals surface area (Å²) in [5, 5.41) is 20.9. The molecule has 0 saturated heterocycles. The van der Waals surface area contributed by atoms with Gasteiger partial charge >= 0.3 is 5.97 Å². The third-order valence-corrected chi connectivity index (χ3v) is 2.92. The number of hydrogen-bond acceptors (Lipinski definition) is 5. The van der Waals surface area contributed by atoms with Crippen molar-refractivity contribution in [3.63, 3.8) is 0 Å². The van der Waals surface area contributed by atoms with Gasteiger partial charge in [0.15, 0.2) is 0 Å². The molecule has 1 heterocycles. The third kappa shape index (κ3) is 2.90. The van der Waals surface area contributed by atoms with Crippen molar-refractivity contribution in [3.8, 4) is 12.3 Å². The predicted octanol–water partition coefficient (Wildman–Crippen LogP) is 1.67. The fourth-order valence-electron chi connectivity index (χ4n) is 2.09. The lowest BCUT2D eigenvalue weighted by molar-refractivity contribution is -0.383. The number of aromatic nitrogens is 1. The number of nitro benzene ring substituents is 1. The van der Waals surface area contributed by atoms with Crippen LogP contribution in [0.2, 0.25) is 0 Å². The van der Waals surface area contributed by atoms with Crippen LogP contribution in [-0.4, -0.2) is 34.1 Å². The number of aliphatic carboxylic acids is 1. The number of nitro groups is 1. The second-order valence-corrected chi connectivity index (χ2v) is 4.24. The standard InChI is InChI=1S/C14H11N3O4/c1-2-7-16(9-14(18)19)12-3-4-13(17(20)21)10-5-6-15-8-11(10)12/h1,3-6,8H,7,9H2,(H,18,19). The summed E-state index contributed by atoms with van der Waals surface area (Å²) >= 11 is 0. The van der Waals surface area contributed by atoms with Crippen LogP contribution < -0.4 is 4.90 Å². The van der Waals surface area contributed by atoms with Gasteiger partial charge in [-0.25, -0.2) is 0 Å². The zero-order valence-electron chi connectivity index (χ0n) is 10.9. The van der Waals surface area contributed by atoms with E-state index >= 15 is 0 Å². The van der Waals surface area contributed by atoms with E-state index in [2.05, 4.69) is 10.9 Å². The zero-order chi connectivity index (χ0) is 15.4. The Morgan fingerprint density at radius 3 is 2.81 bits per heavy atom. The quantitative estimate of drug-likeness (QED) is 0.510. The first kappa shape index (κ1) is 14.3. The van der Waals surface area contributed by atoms with E-state index in [9.17, 15) is 14.9 Å². The maximum Gasteiger partial charge on any atom is 0.323 e. The molecule has 0 bridgehead atoms. The molecule has 7 heteroatoms. The summed E-state index contributed by atoms with van der Waals surface area (Å²) in [6.07, 6.45) is 8.16. The highest BCUT2D eigenvalue weighted by Gasteiger charge is 2.18. The van der Waals surface area contributed by atoms with E-state index in [1.54, 1.807) is 0 Å². The van der Waals surface area contributed by atoms with Crippen molar-refractivity contribution in [2.24, 2.45) is 0 Å². The number of hydrogen-bond donors (Lipinski definition) is 1. The van der Waals surface area contributed by atoms with Gasteiger partial charge in [0.25, 0.3) is 5.69 Å². The molecule has 0 fully saturated rings. The molecule has 0 spiro atoms. The second-order valence-electron chi connectivity index (χ2n) is 4.24. The lowest BCUT2D eigenvalue weighted by atomic mass is 10.1. The van der Waals surface area contributed by atoms with E-state index in [0.717, 1.165) is 0 Å². The van der Waals surface area contributed by atoms with Gasteiger partial charge in [-0.15, -0.1) is 6.42 Å². The summed E-state index contributed by atoms with van der Waals surface area (Å²) in [5.74, 6) is 1.34. The average Bonchev–Trinajstić information content (AvgIpc) is 2.45. The monoisotopic (exact) mass is 285 g/mol. The summed E-state index contributed by atoms with van der Waals surface area (Å²) in [4.78, 5) is 26.9. The van der Waals surface area contributed by atoms with Crippen LogP contribution in [-0.2, 0) is 4.79 Å². The maximum atomic E-state index is 11.0. The molecule has 7 nitrogen and oxygen atoms in total. The summed E-state index contributed by atoms with van der Waals surface area (Å²) in [7, 11) is 0. The van der Waals surface area contributed by atoms with Crippen LogP contribution in [0.25, 0.3) is 10.8 Å². The van der Waals surface area contributed by atoms with Gasteiger partial charge in [-0.2, -0.15) is 0 Å². The number of carboxylic acid groups (broad SMARTS) is 1. The fourth-order valence-corrected chi connectivity index (χ4v) is 2.09. The molecule has 0 aliphatic rings. The largest absolute Gasteiger partial charge is 0.480 e. The first-order chi connectivity index (χ1) is 10.0. The number of fused-ring (bicyclic) bond motifs is 1. The number of anilines is 1. The van der Waals surface area contributed by atoms with Crippen molar-refractivity contribution >= 4 is 28.1 Å². The minimum atomic E-state index is -1.04. The van der Waals surface area contributed by atoms with Crippen LogP contribution >= 0.6 is 0 Å². The lowest BCUT2D eigenvalue weighted by Crippen LogP contribution is -2.30. The van der Waals surface area contributed by atoms with E-state index in [1.165, 1.54) is 35.5 Å². The van der Waals surface area contributed by atoms with E-state index in [1.807, 2.05) is 0 Å². The van der Waals surface area contributed by atoms with Crippen LogP contribution in [0.5, 0.6) is 0 Å². The minimum Gasteiger partial charge on any atom is -0.480 e. The number of terminal acetylenes is 1. The smallest absolute Gasteiger partial charge is 0.323 e. The molecule has 0 aliphatic heterocycles. The highest BCUT2D eigenvalue weighted by molar-refractivity contribution is 6.00. The van der Waals surface area contributed by atoms with Gasteiger partial charge in [-0.3, -0.25) is 19.9 Å². The molecule has 1 aromatic heterocycles. The third-order valence-electron chi connectivity index (χ3n) is 2.92. The summed E-state index contributed by atoms with van der Waals surface area (Å²) in [6.45, 7) is -0.222. The highest BCUT2D eigenvalue weighted by Crippen LogP contribution is 2.32. The summed E-state index contributed by atoms with van der Waals surface area (Å²) in [5.41, 5.74) is 0.441. The Morgan fingerprint density at radius 1 is 1.43 bits per heavy atom. The van der Waals surface area contributed by atoms with Crippen LogP contribution in [0.1, 0.15) is 0 Å². The SMILES string of the molecule is C#CCN(CC(=O)O)c1ccc([N+](=O)[O-])c2ccncc12. The van der Waals surface area contributed by atoms with Crippen molar-refractivity contribution in [1.82, 2.24) is 4.98 Å². The Morgan fingerprint density at radius 2 is 2.19 bits per heavy atom. The fraction of sp³-hybridized carbons (Fsp3) is 0.143. The molecule has 0 amide bonds. The Kier molecular flexibility index (Phi) is 4.00. The molecule has 0 radical (unpaired) electrons. The minimum absolute atomic E-state index is 0.0628. The Hall–Kier alpha value is -3.14. The van der Waals surface area contributed by atoms with Gasteiger partial charge in [0.2, 0.25) is 0 Å². The molecular weight excluding hydrogens is 274 g/mol. The molecular formula is C14H11N3O4. The van der Waals surface area contributed by atoms with E-state index in [0.29, 0.717) is 16.5 Å². The number of benzene rings is 1. The van der Waals surface area contributed by atoms with Gasteiger partial charge < -0.3 is 10.0 Å². The first-order valence-electron chi connectivity index (χ1n) is 5.96. The normalized spacial score (nSPS) is 10.0. The van der Waals surface area contributed by atoms with Crippen molar-refractivity contribution in [3.05, 3.63) is 40.7 Å². The van der Waals surface area contributed by atoms with Gasteiger partial charge in [-0.05, 0) is 12.1 Å². The van der Waals surface area contributed by atoms with Crippen LogP contribution in [0.4, 0.5) is 11.4 Å². The Labute approximate surface area is 120 Å². The van der Waals surface area contributed by atoms with Gasteiger partial charge in [0.05, 0.1) is 16.9 Å². The molecule has 0 unspecified atom stereocenters. The van der Waals surface area contributed by atoms with Crippen molar-refractivity contribution in [1.29, 1.82) is 0 Å². The molecule has 2 rings (SSSR count). The Bertz CT molecular complexity index is 751. The highest BCUT2D eigenvalue weighted by atomic mass is 16.6. The Balaban J connectivity index is 2.64. The topological polar surface area (TPSA) is 96.6 Å². The lowest BCUT2D eigenvalue weighted by Gasteiger charge is -2.21. The summed E-state index contributed by atoms with van der Waals surface area (Å²) in [6, 6.07) is 4.34. The van der Waals surface area contributed by atoms with Crippen LogP contribution in [0.3, 0.4) is 0 Å². The average molecular weight is 285 g/mol.